The molecule has 4 atom stereocenters. The van der Waals surface area contributed by atoms with E-state index >= 15 is 0 Å². The molecule has 1 saturated heterocycles. The van der Waals surface area contributed by atoms with Crippen molar-refractivity contribution in [2.75, 3.05) is 33.0 Å². The van der Waals surface area contributed by atoms with Gasteiger partial charge in [-0.1, -0.05) is 90.4 Å². The van der Waals surface area contributed by atoms with Gasteiger partial charge in [0, 0.05) is 6.61 Å². The Labute approximate surface area is 184 Å². The molecule has 1 fully saturated rings. The minimum atomic E-state index is -1.02. The van der Waals surface area contributed by atoms with Gasteiger partial charge in [0.25, 0.3) is 0 Å². The molecule has 1 rings (SSSR count). The lowest BCUT2D eigenvalue weighted by Crippen LogP contribution is -2.55. The van der Waals surface area contributed by atoms with Crippen LogP contribution in [0.25, 0.3) is 0 Å². The number of rotatable bonds is 20. The van der Waals surface area contributed by atoms with Crippen LogP contribution in [0, 0.1) is 0 Å². The zero-order valence-corrected chi connectivity index (χ0v) is 19.3. The topological polar surface area (TPSA) is 88.4 Å². The Morgan fingerprint density at radius 3 is 1.80 bits per heavy atom. The lowest BCUT2D eigenvalue weighted by molar-refractivity contribution is -0.213. The van der Waals surface area contributed by atoms with Gasteiger partial charge in [0.1, 0.15) is 24.4 Å². The fraction of sp³-hybridized carbons (Fsp3) is 1.00. The van der Waals surface area contributed by atoms with E-state index in [1.807, 2.05) is 0 Å². The van der Waals surface area contributed by atoms with Crippen molar-refractivity contribution in [3.8, 4) is 0 Å². The van der Waals surface area contributed by atoms with E-state index in [0.29, 0.717) is 13.2 Å². The van der Waals surface area contributed by atoms with Gasteiger partial charge in [0.2, 0.25) is 0 Å². The lowest BCUT2D eigenvalue weighted by atomic mass is 10.0. The zero-order valence-electron chi connectivity index (χ0n) is 19.3. The Morgan fingerprint density at radius 2 is 1.27 bits per heavy atom. The van der Waals surface area contributed by atoms with Gasteiger partial charge in [-0.2, -0.15) is 0 Å². The molecule has 180 valence electrons. The van der Waals surface area contributed by atoms with Gasteiger partial charge in [0.05, 0.1) is 26.4 Å². The molecule has 6 heteroatoms. The highest BCUT2D eigenvalue weighted by Crippen LogP contribution is 2.18. The number of unbranched alkanes of at least 4 members (excludes halogenated alkanes) is 13. The van der Waals surface area contributed by atoms with Crippen molar-refractivity contribution in [1.82, 2.24) is 0 Å². The predicted molar refractivity (Wildman–Crippen MR) is 120 cm³/mol. The Morgan fingerprint density at radius 1 is 0.733 bits per heavy atom. The highest BCUT2D eigenvalue weighted by atomic mass is 16.6. The number of hydrogen-bond acceptors (Lipinski definition) is 6. The first-order valence-corrected chi connectivity index (χ1v) is 12.5. The molecule has 0 amide bonds. The Kier molecular flexibility index (Phi) is 18.0. The SMILES string of the molecule is CCCCCCCCCCCCCCCCOCCOC1C(O)COC(CO)[C@H]1O. The van der Waals surface area contributed by atoms with E-state index in [2.05, 4.69) is 6.92 Å². The van der Waals surface area contributed by atoms with Crippen molar-refractivity contribution in [2.45, 2.75) is 121 Å². The summed E-state index contributed by atoms with van der Waals surface area (Å²) in [5, 5.41) is 29.0. The maximum atomic E-state index is 10.0. The van der Waals surface area contributed by atoms with Crippen LogP contribution in [0.1, 0.15) is 96.8 Å². The smallest absolute Gasteiger partial charge is 0.114 e. The van der Waals surface area contributed by atoms with Crippen molar-refractivity contribution in [3.63, 3.8) is 0 Å². The number of hydrogen-bond donors (Lipinski definition) is 3. The molecule has 30 heavy (non-hydrogen) atoms. The van der Waals surface area contributed by atoms with E-state index in [9.17, 15) is 10.2 Å². The van der Waals surface area contributed by atoms with Crippen LogP contribution >= 0.6 is 0 Å². The van der Waals surface area contributed by atoms with E-state index in [-0.39, 0.29) is 13.2 Å². The predicted octanol–water partition coefficient (Wildman–Crippen LogP) is 3.98. The van der Waals surface area contributed by atoms with Crippen LogP contribution < -0.4 is 0 Å². The molecule has 1 aliphatic rings. The van der Waals surface area contributed by atoms with Gasteiger partial charge in [-0.3, -0.25) is 0 Å². The van der Waals surface area contributed by atoms with Crippen molar-refractivity contribution in [1.29, 1.82) is 0 Å². The second-order valence-electron chi connectivity index (χ2n) is 8.66. The summed E-state index contributed by atoms with van der Waals surface area (Å²) in [4.78, 5) is 0. The van der Waals surface area contributed by atoms with Crippen LogP contribution in [0.2, 0.25) is 0 Å². The fourth-order valence-electron chi connectivity index (χ4n) is 3.97. The molecule has 0 spiro atoms. The highest BCUT2D eigenvalue weighted by molar-refractivity contribution is 4.87. The minimum absolute atomic E-state index is 0.0624. The molecule has 3 unspecified atom stereocenters. The monoisotopic (exact) mass is 432 g/mol. The molecule has 0 aromatic heterocycles. The summed E-state index contributed by atoms with van der Waals surface area (Å²) in [6, 6.07) is 0. The first kappa shape index (κ1) is 27.8. The first-order chi connectivity index (χ1) is 14.7. The summed E-state index contributed by atoms with van der Waals surface area (Å²) in [6.45, 7) is 3.52. The second-order valence-corrected chi connectivity index (χ2v) is 8.66. The lowest BCUT2D eigenvalue weighted by Gasteiger charge is -2.37. The van der Waals surface area contributed by atoms with Crippen LogP contribution in [0.5, 0.6) is 0 Å². The van der Waals surface area contributed by atoms with Gasteiger partial charge in [-0.25, -0.2) is 0 Å². The first-order valence-electron chi connectivity index (χ1n) is 12.5. The van der Waals surface area contributed by atoms with Gasteiger partial charge >= 0.3 is 0 Å². The van der Waals surface area contributed by atoms with Crippen LogP contribution in [0.15, 0.2) is 0 Å². The van der Waals surface area contributed by atoms with Crippen molar-refractivity contribution >= 4 is 0 Å². The molecular weight excluding hydrogens is 384 g/mol. The number of aliphatic hydroxyl groups excluding tert-OH is 3. The van der Waals surface area contributed by atoms with Crippen LogP contribution in [0.3, 0.4) is 0 Å². The van der Waals surface area contributed by atoms with Gasteiger partial charge < -0.3 is 29.5 Å². The third kappa shape index (κ3) is 13.2. The quantitative estimate of drug-likeness (QED) is 0.252. The van der Waals surface area contributed by atoms with E-state index in [1.165, 1.54) is 83.5 Å². The molecular formula is C24H48O6. The molecule has 1 heterocycles. The maximum Gasteiger partial charge on any atom is 0.114 e. The zero-order chi connectivity index (χ0) is 21.9. The molecule has 3 N–H and O–H groups in total. The number of ether oxygens (including phenoxy) is 3. The molecule has 0 bridgehead atoms. The average molecular weight is 433 g/mol. The molecule has 0 radical (unpaired) electrons. The van der Waals surface area contributed by atoms with Crippen LogP contribution in [0.4, 0.5) is 0 Å². The van der Waals surface area contributed by atoms with Crippen molar-refractivity contribution < 1.29 is 29.5 Å². The molecule has 0 aliphatic carbocycles. The van der Waals surface area contributed by atoms with Crippen LogP contribution in [-0.4, -0.2) is 72.8 Å². The van der Waals surface area contributed by atoms with E-state index in [0.717, 1.165) is 13.0 Å². The fourth-order valence-corrected chi connectivity index (χ4v) is 3.97. The number of aliphatic hydroxyl groups is 3. The summed E-state index contributed by atoms with van der Waals surface area (Å²) in [7, 11) is 0. The molecule has 0 aromatic rings. The van der Waals surface area contributed by atoms with Gasteiger partial charge in [-0.15, -0.1) is 0 Å². The van der Waals surface area contributed by atoms with Crippen LogP contribution in [-0.2, 0) is 14.2 Å². The average Bonchev–Trinajstić information content (AvgIpc) is 2.75. The van der Waals surface area contributed by atoms with Gasteiger partial charge in [0.15, 0.2) is 0 Å². The van der Waals surface area contributed by atoms with Crippen molar-refractivity contribution in [2.24, 2.45) is 0 Å². The third-order valence-corrected chi connectivity index (χ3v) is 5.94. The maximum absolute atomic E-state index is 10.0. The standard InChI is InChI=1S/C24H48O6/c1-2-3-4-5-6-7-8-9-10-11-12-13-14-15-16-28-17-18-29-24-21(26)20-30-22(19-25)23(24)27/h21-27H,2-20H2,1H3/t21?,22?,23-,24?/m1/s1. The van der Waals surface area contributed by atoms with E-state index in [4.69, 9.17) is 19.3 Å². The normalized spacial score (nSPS) is 24.4. The Bertz CT molecular complexity index is 368. The van der Waals surface area contributed by atoms with E-state index in [1.54, 1.807) is 0 Å². The summed E-state index contributed by atoms with van der Waals surface area (Å²) in [6.07, 6.45) is 15.5. The second kappa shape index (κ2) is 19.4. The molecule has 0 aromatic carbocycles. The highest BCUT2D eigenvalue weighted by Gasteiger charge is 2.39. The van der Waals surface area contributed by atoms with E-state index < -0.39 is 24.4 Å². The molecule has 0 saturated carbocycles. The van der Waals surface area contributed by atoms with Gasteiger partial charge in [-0.05, 0) is 6.42 Å². The molecule has 6 nitrogen and oxygen atoms in total. The van der Waals surface area contributed by atoms with Crippen molar-refractivity contribution in [3.05, 3.63) is 0 Å². The third-order valence-electron chi connectivity index (χ3n) is 5.94. The summed E-state index contributed by atoms with van der Waals surface area (Å²) < 4.78 is 16.3. The summed E-state index contributed by atoms with van der Waals surface area (Å²) >= 11 is 0. The minimum Gasteiger partial charge on any atom is -0.394 e. The molecule has 1 aliphatic heterocycles. The largest absolute Gasteiger partial charge is 0.394 e. The summed E-state index contributed by atoms with van der Waals surface area (Å²) in [5.41, 5.74) is 0. The Hall–Kier alpha value is -0.240. The Balaban J connectivity index is 1.80. The summed E-state index contributed by atoms with van der Waals surface area (Å²) in [5.74, 6) is 0.